The predicted octanol–water partition coefficient (Wildman–Crippen LogP) is 3.01. The molecule has 0 radical (unpaired) electrons. The molecule has 1 aromatic carbocycles. The predicted molar refractivity (Wildman–Crippen MR) is 134 cm³/mol. The van der Waals surface area contributed by atoms with Gasteiger partial charge in [-0.15, -0.1) is 0 Å². The van der Waals surface area contributed by atoms with Crippen LogP contribution < -0.4 is 10.1 Å². The van der Waals surface area contributed by atoms with Crippen LogP contribution >= 0.6 is 0 Å². The molecule has 2 heterocycles. The fourth-order valence-electron chi connectivity index (χ4n) is 5.77. The minimum atomic E-state index is -0.409. The van der Waals surface area contributed by atoms with Crippen molar-refractivity contribution in [1.29, 1.82) is 0 Å². The molecular formula is C26H33N5O6. The number of benzene rings is 1. The third-order valence-corrected chi connectivity index (χ3v) is 7.81. The number of carbonyl (C=O) groups excluding carboxylic acids is 3. The lowest BCUT2D eigenvalue weighted by Crippen LogP contribution is -2.49. The molecule has 2 fully saturated rings. The van der Waals surface area contributed by atoms with Gasteiger partial charge in [-0.3, -0.25) is 14.7 Å². The van der Waals surface area contributed by atoms with Crippen LogP contribution in [0.3, 0.4) is 0 Å². The molecule has 1 aliphatic heterocycles. The number of ether oxygens (including phenoxy) is 2. The number of amides is 2. The van der Waals surface area contributed by atoms with E-state index in [9.17, 15) is 19.5 Å². The average molecular weight is 512 g/mol. The number of aldehydes is 1. The summed E-state index contributed by atoms with van der Waals surface area (Å²) >= 11 is 0. The highest BCUT2D eigenvalue weighted by Crippen LogP contribution is 2.40. The van der Waals surface area contributed by atoms with Crippen LogP contribution in [0.4, 0.5) is 10.6 Å². The second-order valence-electron chi connectivity index (χ2n) is 10.1. The lowest BCUT2D eigenvalue weighted by Gasteiger charge is -2.35. The number of carbonyl (C=O) groups is 3. The summed E-state index contributed by atoms with van der Waals surface area (Å²) in [5.74, 6) is 0.292. The summed E-state index contributed by atoms with van der Waals surface area (Å²) in [6.07, 6.45) is 5.33. The summed E-state index contributed by atoms with van der Waals surface area (Å²) in [5, 5.41) is 23.9. The highest BCUT2D eigenvalue weighted by atomic mass is 16.6. The van der Waals surface area contributed by atoms with Gasteiger partial charge in [0.1, 0.15) is 17.6 Å². The van der Waals surface area contributed by atoms with Crippen molar-refractivity contribution >= 4 is 24.1 Å². The molecule has 11 heteroatoms. The number of phenols is 1. The molecule has 2 aromatic rings. The summed E-state index contributed by atoms with van der Waals surface area (Å²) in [7, 11) is 3.40. The Morgan fingerprint density at radius 1 is 1.19 bits per heavy atom. The first-order chi connectivity index (χ1) is 17.9. The van der Waals surface area contributed by atoms with Gasteiger partial charge in [-0.25, -0.2) is 14.8 Å². The van der Waals surface area contributed by atoms with Crippen LogP contribution in [-0.2, 0) is 22.4 Å². The van der Waals surface area contributed by atoms with Crippen molar-refractivity contribution < 1.29 is 29.0 Å². The molecule has 198 valence electrons. The van der Waals surface area contributed by atoms with E-state index in [1.807, 2.05) is 18.1 Å². The number of nitrogens with one attached hydrogen (secondary N) is 2. The Labute approximate surface area is 215 Å². The zero-order valence-corrected chi connectivity index (χ0v) is 21.2. The van der Waals surface area contributed by atoms with Gasteiger partial charge < -0.3 is 19.9 Å². The van der Waals surface area contributed by atoms with Gasteiger partial charge in [0.25, 0.3) is 0 Å². The molecule has 1 unspecified atom stereocenters. The number of hydrogen-bond donors (Lipinski definition) is 3. The van der Waals surface area contributed by atoms with E-state index in [1.165, 1.54) is 13.2 Å². The first-order valence-electron chi connectivity index (χ1n) is 12.8. The van der Waals surface area contributed by atoms with Crippen molar-refractivity contribution in [1.82, 2.24) is 20.2 Å². The largest absolute Gasteiger partial charge is 0.507 e. The van der Waals surface area contributed by atoms with Gasteiger partial charge >= 0.3 is 6.09 Å². The lowest BCUT2D eigenvalue weighted by molar-refractivity contribution is -0.119. The first kappa shape index (κ1) is 25.1. The Morgan fingerprint density at radius 3 is 2.73 bits per heavy atom. The molecule has 1 saturated carbocycles. The van der Waals surface area contributed by atoms with Crippen molar-refractivity contribution in [2.45, 2.75) is 57.0 Å². The van der Waals surface area contributed by atoms with Crippen molar-refractivity contribution in [2.75, 3.05) is 32.6 Å². The molecule has 2 amide bonds. The zero-order valence-electron chi connectivity index (χ0n) is 21.2. The third kappa shape index (κ3) is 5.00. The smallest absolute Gasteiger partial charge is 0.424 e. The number of hydrogen-bond acceptors (Lipinski definition) is 8. The maximum absolute atomic E-state index is 13.0. The zero-order chi connectivity index (χ0) is 26.1. The molecule has 1 aromatic heterocycles. The topological polar surface area (TPSA) is 137 Å². The summed E-state index contributed by atoms with van der Waals surface area (Å²) < 4.78 is 11.1. The van der Waals surface area contributed by atoms with E-state index in [0.29, 0.717) is 49.2 Å². The number of aromatic amines is 1. The van der Waals surface area contributed by atoms with E-state index in [4.69, 9.17) is 9.47 Å². The van der Waals surface area contributed by atoms with Crippen LogP contribution in [0, 0.1) is 5.92 Å². The van der Waals surface area contributed by atoms with Crippen LogP contribution in [0.2, 0.25) is 0 Å². The van der Waals surface area contributed by atoms with Gasteiger partial charge in [0.2, 0.25) is 5.91 Å². The molecule has 3 N–H and O–H groups in total. The van der Waals surface area contributed by atoms with Crippen LogP contribution in [0.5, 0.6) is 11.5 Å². The van der Waals surface area contributed by atoms with E-state index in [2.05, 4.69) is 15.5 Å². The van der Waals surface area contributed by atoms with Crippen LogP contribution in [0.1, 0.15) is 65.2 Å². The number of rotatable bonds is 6. The normalized spacial score (nSPS) is 23.5. The van der Waals surface area contributed by atoms with Gasteiger partial charge in [0, 0.05) is 49.8 Å². The fourth-order valence-corrected chi connectivity index (χ4v) is 5.77. The third-order valence-electron chi connectivity index (χ3n) is 7.81. The number of fused-ring (bicyclic) bond motifs is 1. The van der Waals surface area contributed by atoms with Crippen LogP contribution in [0.15, 0.2) is 12.1 Å². The van der Waals surface area contributed by atoms with E-state index < -0.39 is 5.92 Å². The monoisotopic (exact) mass is 511 g/mol. The maximum Gasteiger partial charge on any atom is 0.424 e. The summed E-state index contributed by atoms with van der Waals surface area (Å²) in [5.41, 5.74) is 2.52. The Bertz CT molecular complexity index is 1200. The number of anilines is 1. The molecule has 3 atom stereocenters. The van der Waals surface area contributed by atoms with E-state index in [-0.39, 0.29) is 35.3 Å². The molecule has 1 saturated heterocycles. The number of aromatic hydroxyl groups is 1. The number of H-pyrrole nitrogens is 1. The van der Waals surface area contributed by atoms with E-state index in [1.54, 1.807) is 5.01 Å². The van der Waals surface area contributed by atoms with Crippen molar-refractivity contribution in [3.8, 4) is 11.5 Å². The Balaban J connectivity index is 1.17. The van der Waals surface area contributed by atoms with E-state index in [0.717, 1.165) is 43.5 Å². The number of aromatic nitrogens is 2. The average Bonchev–Trinajstić information content (AvgIpc) is 3.63. The van der Waals surface area contributed by atoms with Gasteiger partial charge in [-0.1, -0.05) is 0 Å². The number of methoxy groups -OCH3 is 1. The molecule has 5 rings (SSSR count). The first-order valence-corrected chi connectivity index (χ1v) is 12.8. The maximum atomic E-state index is 13.0. The molecule has 2 aliphatic carbocycles. The van der Waals surface area contributed by atoms with Crippen molar-refractivity contribution in [3.05, 3.63) is 34.5 Å². The second-order valence-corrected chi connectivity index (χ2v) is 10.1. The molecular weight excluding hydrogens is 478 g/mol. The number of nitrogens with zero attached hydrogens (tertiary/aromatic N) is 3. The second kappa shape index (κ2) is 10.4. The number of phenolic OH excluding ortho intramolecular Hbond substituents is 1. The summed E-state index contributed by atoms with van der Waals surface area (Å²) in [6, 6.07) is 3.25. The SMILES string of the molecule is COc1cc(O)c(C=O)c2c1CC(C(=O)Nc1cc([C@H]3CC[C@@H](OC(=O)N4CCCCN4C)C3)[nH]n1)C2. The van der Waals surface area contributed by atoms with Crippen molar-refractivity contribution in [2.24, 2.45) is 5.92 Å². The minimum absolute atomic E-state index is 0.146. The molecule has 0 spiro atoms. The van der Waals surface area contributed by atoms with Crippen LogP contribution in [0.25, 0.3) is 0 Å². The summed E-state index contributed by atoms with van der Waals surface area (Å²) in [6.45, 7) is 1.54. The Morgan fingerprint density at radius 2 is 1.97 bits per heavy atom. The lowest BCUT2D eigenvalue weighted by atomic mass is 10.0. The summed E-state index contributed by atoms with van der Waals surface area (Å²) in [4.78, 5) is 37.1. The fraction of sp³-hybridized carbons (Fsp3) is 0.538. The molecule has 37 heavy (non-hydrogen) atoms. The standard InChI is InChI=1S/C26H33N5O6/c1-30-7-3-4-8-31(30)26(35)37-17-6-5-15(9-17)21-12-24(29-28-21)27-25(34)16-10-18-19(11-16)23(36-2)13-22(33)20(18)14-32/h12-17,33H,3-11H2,1-2H3,(H2,27,28,29,34)/t15-,16?,17+/m0/s1. The Hall–Kier alpha value is -3.60. The Kier molecular flexibility index (Phi) is 7.05. The van der Waals surface area contributed by atoms with Gasteiger partial charge in [-0.2, -0.15) is 5.10 Å². The van der Waals surface area contributed by atoms with Crippen LogP contribution in [-0.4, -0.2) is 77.0 Å². The quantitative estimate of drug-likeness (QED) is 0.504. The molecule has 0 bridgehead atoms. The molecule has 11 nitrogen and oxygen atoms in total. The van der Waals surface area contributed by atoms with Gasteiger partial charge in [-0.05, 0) is 56.1 Å². The molecule has 3 aliphatic rings. The highest BCUT2D eigenvalue weighted by Gasteiger charge is 2.35. The van der Waals surface area contributed by atoms with Gasteiger partial charge in [0.05, 0.1) is 12.7 Å². The minimum Gasteiger partial charge on any atom is -0.507 e. The van der Waals surface area contributed by atoms with E-state index >= 15 is 0 Å². The van der Waals surface area contributed by atoms with Gasteiger partial charge in [0.15, 0.2) is 12.1 Å². The number of hydrazine groups is 1. The highest BCUT2D eigenvalue weighted by molar-refractivity contribution is 5.94. The van der Waals surface area contributed by atoms with Crippen molar-refractivity contribution in [3.63, 3.8) is 0 Å².